The molecule has 4 heteroatoms. The Balaban J connectivity index is 2.09. The molecular formula is C17H27NO3. The third-order valence-electron chi connectivity index (χ3n) is 4.01. The van der Waals surface area contributed by atoms with Crippen molar-refractivity contribution in [2.45, 2.75) is 44.6 Å². The lowest BCUT2D eigenvalue weighted by Crippen LogP contribution is -2.44. The summed E-state index contributed by atoms with van der Waals surface area (Å²) >= 11 is 0. The molecule has 0 aromatic heterocycles. The zero-order chi connectivity index (χ0) is 15.1. The van der Waals surface area contributed by atoms with Gasteiger partial charge >= 0.3 is 0 Å². The van der Waals surface area contributed by atoms with Crippen molar-refractivity contribution in [2.75, 3.05) is 27.4 Å². The summed E-state index contributed by atoms with van der Waals surface area (Å²) < 4.78 is 16.9. The molecule has 1 heterocycles. The largest absolute Gasteiger partial charge is 0.373 e. The molecule has 0 spiro atoms. The van der Waals surface area contributed by atoms with Crippen molar-refractivity contribution < 1.29 is 14.2 Å². The Kier molecular flexibility index (Phi) is 6.64. The standard InChI is InChI=1S/C17H27NO3/c1-4-10-18-15(17(19-2)20-3)12-16-14-8-6-5-7-13(14)9-11-21-16/h5-8,15-18H,4,9-12H2,1-3H3. The van der Waals surface area contributed by atoms with Gasteiger partial charge in [0.05, 0.1) is 18.8 Å². The Morgan fingerprint density at radius 1 is 1.29 bits per heavy atom. The minimum absolute atomic E-state index is 0.108. The molecule has 0 saturated heterocycles. The highest BCUT2D eigenvalue weighted by molar-refractivity contribution is 5.31. The first-order valence-corrected chi connectivity index (χ1v) is 7.78. The zero-order valence-corrected chi connectivity index (χ0v) is 13.3. The summed E-state index contributed by atoms with van der Waals surface area (Å²) in [5.41, 5.74) is 2.70. The molecule has 21 heavy (non-hydrogen) atoms. The number of rotatable bonds is 8. The van der Waals surface area contributed by atoms with E-state index in [1.54, 1.807) is 14.2 Å². The van der Waals surface area contributed by atoms with E-state index in [1.165, 1.54) is 11.1 Å². The Morgan fingerprint density at radius 3 is 2.76 bits per heavy atom. The molecule has 1 aromatic rings. The second-order valence-electron chi connectivity index (χ2n) is 5.44. The van der Waals surface area contributed by atoms with Gasteiger partial charge in [0.2, 0.25) is 0 Å². The van der Waals surface area contributed by atoms with E-state index in [1.807, 2.05) is 0 Å². The fourth-order valence-corrected chi connectivity index (χ4v) is 2.95. The third-order valence-corrected chi connectivity index (χ3v) is 4.01. The lowest BCUT2D eigenvalue weighted by molar-refractivity contribution is -0.131. The lowest BCUT2D eigenvalue weighted by atomic mass is 9.93. The van der Waals surface area contributed by atoms with Crippen LogP contribution in [0.5, 0.6) is 0 Å². The van der Waals surface area contributed by atoms with Crippen LogP contribution in [0.3, 0.4) is 0 Å². The van der Waals surface area contributed by atoms with Crippen molar-refractivity contribution in [2.24, 2.45) is 0 Å². The minimum atomic E-state index is -0.255. The fraction of sp³-hybridized carbons (Fsp3) is 0.647. The summed E-state index contributed by atoms with van der Waals surface area (Å²) in [6.45, 7) is 3.89. The monoisotopic (exact) mass is 293 g/mol. The van der Waals surface area contributed by atoms with E-state index in [0.717, 1.165) is 32.4 Å². The van der Waals surface area contributed by atoms with Crippen molar-refractivity contribution in [3.05, 3.63) is 35.4 Å². The average Bonchev–Trinajstić information content (AvgIpc) is 2.53. The molecule has 0 radical (unpaired) electrons. The van der Waals surface area contributed by atoms with Crippen LogP contribution in [0.4, 0.5) is 0 Å². The van der Waals surface area contributed by atoms with Crippen LogP contribution in [0.1, 0.15) is 37.0 Å². The highest BCUT2D eigenvalue weighted by atomic mass is 16.7. The van der Waals surface area contributed by atoms with Gasteiger partial charge in [0.1, 0.15) is 0 Å². The van der Waals surface area contributed by atoms with Gasteiger partial charge in [0.15, 0.2) is 6.29 Å². The first kappa shape index (κ1) is 16.4. The maximum Gasteiger partial charge on any atom is 0.172 e. The van der Waals surface area contributed by atoms with Gasteiger partial charge in [0, 0.05) is 14.2 Å². The molecule has 1 aliphatic rings. The number of fused-ring (bicyclic) bond motifs is 1. The van der Waals surface area contributed by atoms with Crippen molar-refractivity contribution in [3.8, 4) is 0 Å². The Labute approximate surface area is 127 Å². The van der Waals surface area contributed by atoms with Gasteiger partial charge in [-0.15, -0.1) is 0 Å². The van der Waals surface area contributed by atoms with Crippen LogP contribution in [-0.4, -0.2) is 39.7 Å². The molecule has 0 amide bonds. The number of hydrogen-bond acceptors (Lipinski definition) is 4. The van der Waals surface area contributed by atoms with Gasteiger partial charge in [-0.05, 0) is 36.9 Å². The van der Waals surface area contributed by atoms with Crippen LogP contribution in [-0.2, 0) is 20.6 Å². The first-order valence-electron chi connectivity index (χ1n) is 7.78. The fourth-order valence-electron chi connectivity index (χ4n) is 2.95. The van der Waals surface area contributed by atoms with E-state index in [2.05, 4.69) is 36.5 Å². The number of nitrogens with one attached hydrogen (secondary N) is 1. The van der Waals surface area contributed by atoms with E-state index in [4.69, 9.17) is 14.2 Å². The van der Waals surface area contributed by atoms with Crippen LogP contribution in [0.2, 0.25) is 0 Å². The van der Waals surface area contributed by atoms with Crippen molar-refractivity contribution in [1.82, 2.24) is 5.32 Å². The lowest BCUT2D eigenvalue weighted by Gasteiger charge is -2.32. The predicted molar refractivity (Wildman–Crippen MR) is 83.3 cm³/mol. The number of hydrogen-bond donors (Lipinski definition) is 1. The SMILES string of the molecule is CCCNC(CC1OCCc2ccccc21)C(OC)OC. The van der Waals surface area contributed by atoms with Crippen LogP contribution in [0, 0.1) is 0 Å². The summed E-state index contributed by atoms with van der Waals surface area (Å²) in [4.78, 5) is 0. The highest BCUT2D eigenvalue weighted by Gasteiger charge is 2.28. The molecule has 2 atom stereocenters. The number of methoxy groups -OCH3 is 2. The normalized spacial score (nSPS) is 19.5. The van der Waals surface area contributed by atoms with Crippen LogP contribution in [0.25, 0.3) is 0 Å². The molecule has 0 aliphatic carbocycles. The number of benzene rings is 1. The van der Waals surface area contributed by atoms with Gasteiger partial charge in [0.25, 0.3) is 0 Å². The quantitative estimate of drug-likeness (QED) is 0.748. The van der Waals surface area contributed by atoms with Crippen molar-refractivity contribution in [1.29, 1.82) is 0 Å². The average molecular weight is 293 g/mol. The second-order valence-corrected chi connectivity index (χ2v) is 5.44. The van der Waals surface area contributed by atoms with Gasteiger partial charge < -0.3 is 19.5 Å². The first-order chi connectivity index (χ1) is 10.3. The number of ether oxygens (including phenoxy) is 3. The molecule has 118 valence electrons. The maximum absolute atomic E-state index is 6.00. The Morgan fingerprint density at radius 2 is 2.05 bits per heavy atom. The molecule has 0 bridgehead atoms. The summed E-state index contributed by atoms with van der Waals surface area (Å²) in [6.07, 6.45) is 2.78. The molecule has 4 nitrogen and oxygen atoms in total. The minimum Gasteiger partial charge on any atom is -0.373 e. The molecule has 1 aliphatic heterocycles. The maximum atomic E-state index is 6.00. The van der Waals surface area contributed by atoms with Crippen LogP contribution in [0.15, 0.2) is 24.3 Å². The van der Waals surface area contributed by atoms with Crippen LogP contribution < -0.4 is 5.32 Å². The summed E-state index contributed by atoms with van der Waals surface area (Å²) in [5, 5.41) is 3.52. The second kappa shape index (κ2) is 8.49. The van der Waals surface area contributed by atoms with Crippen molar-refractivity contribution >= 4 is 0 Å². The predicted octanol–water partition coefficient (Wildman–Crippen LogP) is 2.68. The summed E-state index contributed by atoms with van der Waals surface area (Å²) in [7, 11) is 3.37. The molecule has 0 fully saturated rings. The van der Waals surface area contributed by atoms with Crippen molar-refractivity contribution in [3.63, 3.8) is 0 Å². The molecular weight excluding hydrogens is 266 g/mol. The highest BCUT2D eigenvalue weighted by Crippen LogP contribution is 2.31. The van der Waals surface area contributed by atoms with Gasteiger partial charge in [-0.1, -0.05) is 31.2 Å². The van der Waals surface area contributed by atoms with E-state index in [9.17, 15) is 0 Å². The van der Waals surface area contributed by atoms with E-state index in [0.29, 0.717) is 0 Å². The van der Waals surface area contributed by atoms with Gasteiger partial charge in [-0.2, -0.15) is 0 Å². The molecule has 1 N–H and O–H groups in total. The Hall–Kier alpha value is -0.940. The summed E-state index contributed by atoms with van der Waals surface area (Å²) in [5.74, 6) is 0. The van der Waals surface area contributed by atoms with Gasteiger partial charge in [-0.3, -0.25) is 0 Å². The van der Waals surface area contributed by atoms with Gasteiger partial charge in [-0.25, -0.2) is 0 Å². The van der Waals surface area contributed by atoms with E-state index in [-0.39, 0.29) is 18.4 Å². The third kappa shape index (κ3) is 4.27. The summed E-state index contributed by atoms with van der Waals surface area (Å²) in [6, 6.07) is 8.67. The molecule has 0 saturated carbocycles. The molecule has 1 aromatic carbocycles. The smallest absolute Gasteiger partial charge is 0.172 e. The molecule has 2 unspecified atom stereocenters. The van der Waals surface area contributed by atoms with Crippen LogP contribution >= 0.6 is 0 Å². The van der Waals surface area contributed by atoms with E-state index >= 15 is 0 Å². The Bertz CT molecular complexity index is 420. The van der Waals surface area contributed by atoms with E-state index < -0.39 is 0 Å². The molecule has 2 rings (SSSR count). The topological polar surface area (TPSA) is 39.7 Å². The zero-order valence-electron chi connectivity index (χ0n) is 13.3.